The van der Waals surface area contributed by atoms with Crippen LogP contribution in [0.25, 0.3) is 32.0 Å². The number of aromatic nitrogens is 4. The summed E-state index contributed by atoms with van der Waals surface area (Å²) in [5, 5.41) is 5.22. The highest BCUT2D eigenvalue weighted by Crippen LogP contribution is 2.37. The van der Waals surface area contributed by atoms with E-state index in [-0.39, 0.29) is 5.56 Å². The molecule has 0 fully saturated rings. The molecule has 5 aromatic rings. The van der Waals surface area contributed by atoms with E-state index in [0.717, 1.165) is 26.3 Å². The zero-order valence-electron chi connectivity index (χ0n) is 16.7. The second-order valence-electron chi connectivity index (χ2n) is 6.74. The van der Waals surface area contributed by atoms with Crippen LogP contribution in [0.5, 0.6) is 0 Å². The number of benzene rings is 1. The molecule has 4 heterocycles. The number of esters is 1. The number of thioether (sulfide) groups is 1. The molecule has 0 aliphatic carbocycles. The lowest BCUT2D eigenvalue weighted by Gasteiger charge is -2.04. The molecule has 5 rings (SSSR count). The standard InChI is InChI=1S/C22H16N4O3S3/c1-29-21(28)12-6-7-13-14(10-12)23-17(24-20(13)27)11-32-22-25-18(15-4-2-8-30-15)19(26-22)16-5-3-9-31-16/h2-10H,11H2,1H3,(H,25,26)(H,23,24,27). The molecular weight excluding hydrogens is 464 g/mol. The van der Waals surface area contributed by atoms with Gasteiger partial charge in [0.15, 0.2) is 5.16 Å². The van der Waals surface area contributed by atoms with Crippen molar-refractivity contribution < 1.29 is 9.53 Å². The zero-order chi connectivity index (χ0) is 22.1. The molecular formula is C22H16N4O3S3. The fourth-order valence-electron chi connectivity index (χ4n) is 3.25. The number of hydrogen-bond donors (Lipinski definition) is 2. The van der Waals surface area contributed by atoms with E-state index >= 15 is 0 Å². The normalized spacial score (nSPS) is 11.2. The van der Waals surface area contributed by atoms with Crippen LogP contribution in [0.2, 0.25) is 0 Å². The molecule has 4 aromatic heterocycles. The molecule has 0 saturated carbocycles. The minimum Gasteiger partial charge on any atom is -0.465 e. The molecule has 0 spiro atoms. The Balaban J connectivity index is 1.45. The fourth-order valence-corrected chi connectivity index (χ4v) is 5.44. The zero-order valence-corrected chi connectivity index (χ0v) is 19.2. The molecule has 0 unspecified atom stereocenters. The Morgan fingerprint density at radius 2 is 1.84 bits per heavy atom. The van der Waals surface area contributed by atoms with Gasteiger partial charge in [0.2, 0.25) is 0 Å². The smallest absolute Gasteiger partial charge is 0.337 e. The SMILES string of the molecule is COC(=O)c1ccc2c(=O)[nH]c(CSc3nc(-c4cccs4)c(-c4cccs4)[nH]3)nc2c1. The summed E-state index contributed by atoms with van der Waals surface area (Å²) < 4.78 is 4.76. The van der Waals surface area contributed by atoms with Gasteiger partial charge in [-0.1, -0.05) is 23.9 Å². The highest BCUT2D eigenvalue weighted by Gasteiger charge is 2.17. The van der Waals surface area contributed by atoms with Gasteiger partial charge in [0.25, 0.3) is 5.56 Å². The summed E-state index contributed by atoms with van der Waals surface area (Å²) in [6.07, 6.45) is 0. The number of thiophene rings is 2. The summed E-state index contributed by atoms with van der Waals surface area (Å²) in [5.74, 6) is 0.443. The number of aromatic amines is 2. The Morgan fingerprint density at radius 1 is 1.06 bits per heavy atom. The third-order valence-electron chi connectivity index (χ3n) is 4.73. The molecule has 32 heavy (non-hydrogen) atoms. The number of ether oxygens (including phenoxy) is 1. The van der Waals surface area contributed by atoms with E-state index < -0.39 is 5.97 Å². The molecule has 160 valence electrons. The monoisotopic (exact) mass is 480 g/mol. The van der Waals surface area contributed by atoms with Crippen LogP contribution in [0.1, 0.15) is 16.2 Å². The predicted octanol–water partition coefficient (Wildman–Crippen LogP) is 5.18. The van der Waals surface area contributed by atoms with Crippen LogP contribution in [0, 0.1) is 0 Å². The first-order valence-electron chi connectivity index (χ1n) is 9.54. The van der Waals surface area contributed by atoms with Crippen molar-refractivity contribution in [2.45, 2.75) is 10.9 Å². The summed E-state index contributed by atoms with van der Waals surface area (Å²) >= 11 is 4.74. The van der Waals surface area contributed by atoms with Crippen LogP contribution in [-0.4, -0.2) is 33.0 Å². The largest absolute Gasteiger partial charge is 0.465 e. The molecule has 1 aromatic carbocycles. The van der Waals surface area contributed by atoms with E-state index in [1.54, 1.807) is 40.9 Å². The Morgan fingerprint density at radius 3 is 2.56 bits per heavy atom. The third-order valence-corrected chi connectivity index (χ3v) is 7.38. The van der Waals surface area contributed by atoms with Gasteiger partial charge >= 0.3 is 5.97 Å². The minimum atomic E-state index is -0.470. The van der Waals surface area contributed by atoms with Gasteiger partial charge in [-0.15, -0.1) is 22.7 Å². The van der Waals surface area contributed by atoms with Gasteiger partial charge in [0.05, 0.1) is 44.8 Å². The lowest BCUT2D eigenvalue weighted by atomic mass is 10.1. The molecule has 0 aliphatic heterocycles. The number of hydrogen-bond acceptors (Lipinski definition) is 8. The number of methoxy groups -OCH3 is 1. The van der Waals surface area contributed by atoms with E-state index in [1.165, 1.54) is 18.9 Å². The van der Waals surface area contributed by atoms with Crippen molar-refractivity contribution in [1.29, 1.82) is 0 Å². The Labute approximate surface area is 194 Å². The average molecular weight is 481 g/mol. The molecule has 0 atom stereocenters. The number of H-pyrrole nitrogens is 2. The van der Waals surface area contributed by atoms with E-state index in [4.69, 9.17) is 9.72 Å². The topological polar surface area (TPSA) is 101 Å². The van der Waals surface area contributed by atoms with Crippen molar-refractivity contribution in [3.05, 3.63) is 75.0 Å². The summed E-state index contributed by atoms with van der Waals surface area (Å²) in [7, 11) is 1.32. The second kappa shape index (κ2) is 8.73. The van der Waals surface area contributed by atoms with Crippen LogP contribution < -0.4 is 5.56 Å². The van der Waals surface area contributed by atoms with Gasteiger partial charge in [-0.2, -0.15) is 0 Å². The maximum atomic E-state index is 12.5. The number of fused-ring (bicyclic) bond motifs is 1. The Bertz CT molecular complexity index is 1400. The van der Waals surface area contributed by atoms with Crippen LogP contribution in [-0.2, 0) is 10.5 Å². The molecule has 0 saturated heterocycles. The Hall–Kier alpha value is -3.21. The van der Waals surface area contributed by atoms with E-state index in [0.29, 0.717) is 28.0 Å². The van der Waals surface area contributed by atoms with Crippen LogP contribution in [0.15, 0.2) is 63.2 Å². The highest BCUT2D eigenvalue weighted by molar-refractivity contribution is 7.98. The van der Waals surface area contributed by atoms with E-state index in [1.807, 2.05) is 29.0 Å². The predicted molar refractivity (Wildman–Crippen MR) is 128 cm³/mol. The van der Waals surface area contributed by atoms with Gasteiger partial charge in [0.1, 0.15) is 11.5 Å². The number of rotatable bonds is 6. The lowest BCUT2D eigenvalue weighted by Crippen LogP contribution is -2.12. The van der Waals surface area contributed by atoms with Gasteiger partial charge in [-0.3, -0.25) is 4.79 Å². The summed E-state index contributed by atoms with van der Waals surface area (Å²) in [5.41, 5.74) is 2.44. The van der Waals surface area contributed by atoms with Crippen molar-refractivity contribution in [2.75, 3.05) is 7.11 Å². The number of carbonyl (C=O) groups excluding carboxylic acids is 1. The maximum Gasteiger partial charge on any atom is 0.337 e. The molecule has 0 bridgehead atoms. The first kappa shape index (κ1) is 20.7. The summed E-state index contributed by atoms with van der Waals surface area (Å²) in [4.78, 5) is 42.1. The summed E-state index contributed by atoms with van der Waals surface area (Å²) in [6.45, 7) is 0. The average Bonchev–Trinajstić information content (AvgIpc) is 3.57. The number of nitrogens with one attached hydrogen (secondary N) is 2. The fraction of sp³-hybridized carbons (Fsp3) is 0.0909. The first-order chi connectivity index (χ1) is 15.6. The number of carbonyl (C=O) groups is 1. The van der Waals surface area contributed by atoms with Crippen LogP contribution in [0.4, 0.5) is 0 Å². The van der Waals surface area contributed by atoms with Gasteiger partial charge in [0, 0.05) is 0 Å². The quantitative estimate of drug-likeness (QED) is 0.256. The van der Waals surface area contributed by atoms with Crippen molar-refractivity contribution in [3.8, 4) is 21.1 Å². The first-order valence-corrected chi connectivity index (χ1v) is 12.3. The van der Waals surface area contributed by atoms with Gasteiger partial charge < -0.3 is 14.7 Å². The van der Waals surface area contributed by atoms with Crippen molar-refractivity contribution in [2.24, 2.45) is 0 Å². The summed E-state index contributed by atoms with van der Waals surface area (Å²) in [6, 6.07) is 12.8. The van der Waals surface area contributed by atoms with Crippen LogP contribution in [0.3, 0.4) is 0 Å². The number of imidazole rings is 1. The minimum absolute atomic E-state index is 0.250. The molecule has 2 N–H and O–H groups in total. The maximum absolute atomic E-state index is 12.5. The number of nitrogens with zero attached hydrogens (tertiary/aromatic N) is 2. The third kappa shape index (κ3) is 3.99. The van der Waals surface area contributed by atoms with Gasteiger partial charge in [-0.05, 0) is 41.1 Å². The molecule has 7 nitrogen and oxygen atoms in total. The highest BCUT2D eigenvalue weighted by atomic mass is 32.2. The molecule has 0 radical (unpaired) electrons. The second-order valence-corrected chi connectivity index (χ2v) is 9.60. The van der Waals surface area contributed by atoms with Crippen molar-refractivity contribution in [1.82, 2.24) is 19.9 Å². The Kier molecular flexibility index (Phi) is 5.64. The lowest BCUT2D eigenvalue weighted by molar-refractivity contribution is 0.0601. The van der Waals surface area contributed by atoms with Crippen molar-refractivity contribution >= 4 is 51.3 Å². The van der Waals surface area contributed by atoms with E-state index in [2.05, 4.69) is 21.0 Å². The molecule has 0 amide bonds. The van der Waals surface area contributed by atoms with Gasteiger partial charge in [-0.25, -0.2) is 14.8 Å². The van der Waals surface area contributed by atoms with Crippen LogP contribution >= 0.6 is 34.4 Å². The van der Waals surface area contributed by atoms with E-state index in [9.17, 15) is 9.59 Å². The van der Waals surface area contributed by atoms with Crippen molar-refractivity contribution in [3.63, 3.8) is 0 Å². The molecule has 0 aliphatic rings. The molecule has 10 heteroatoms.